The smallest absolute Gasteiger partial charge is 0.344 e. The highest BCUT2D eigenvalue weighted by Gasteiger charge is 2.30. The molecule has 2 nitrogen and oxygen atoms in total. The molecule has 0 aliphatic carbocycles. The topological polar surface area (TPSA) is 26.3 Å². The van der Waals surface area contributed by atoms with Crippen molar-refractivity contribution in [3.63, 3.8) is 0 Å². The maximum atomic E-state index is 11.1. The lowest BCUT2D eigenvalue weighted by Crippen LogP contribution is -2.24. The number of alkyl halides is 5. The van der Waals surface area contributed by atoms with Crippen molar-refractivity contribution in [1.82, 2.24) is 0 Å². The highest BCUT2D eigenvalue weighted by molar-refractivity contribution is 9.40. The Morgan fingerprint density at radius 2 is 1.92 bits per heavy atom. The molecule has 0 rings (SSSR count). The van der Waals surface area contributed by atoms with Crippen LogP contribution in [-0.2, 0) is 9.53 Å². The number of hydrogen-bond donors (Lipinski definition) is 0. The molecule has 72 valence electrons. The molecule has 0 aromatic carbocycles. The molecule has 0 fully saturated rings. The number of hydrogen-bond acceptors (Lipinski definition) is 2. The van der Waals surface area contributed by atoms with E-state index in [1.807, 2.05) is 0 Å². The molecular formula is C5H5Br5O2. The normalized spacial score (nSPS) is 14.1. The fraction of sp³-hybridized carbons (Fsp3) is 0.800. The van der Waals surface area contributed by atoms with Gasteiger partial charge in [0.15, 0.2) is 0 Å². The Kier molecular flexibility index (Phi) is 7.36. The van der Waals surface area contributed by atoms with Crippen molar-refractivity contribution in [1.29, 1.82) is 0 Å². The quantitative estimate of drug-likeness (QED) is 0.442. The summed E-state index contributed by atoms with van der Waals surface area (Å²) in [4.78, 5) is 11.2. The van der Waals surface area contributed by atoms with Crippen LogP contribution in [0.3, 0.4) is 0 Å². The maximum Gasteiger partial charge on any atom is 0.344 e. The summed E-state index contributed by atoms with van der Waals surface area (Å²) in [6, 6.07) is 0. The van der Waals surface area contributed by atoms with Crippen LogP contribution in [0.2, 0.25) is 0 Å². The Morgan fingerprint density at radius 1 is 1.42 bits per heavy atom. The van der Waals surface area contributed by atoms with Gasteiger partial charge in [0, 0.05) is 5.33 Å². The van der Waals surface area contributed by atoms with Crippen molar-refractivity contribution in [2.75, 3.05) is 11.9 Å². The monoisotopic (exact) mass is 492 g/mol. The van der Waals surface area contributed by atoms with Crippen LogP contribution in [0, 0.1) is 0 Å². The van der Waals surface area contributed by atoms with Crippen LogP contribution < -0.4 is 0 Å². The average molecular weight is 497 g/mol. The second-order valence-electron chi connectivity index (χ2n) is 1.85. The molecular weight excluding hydrogens is 492 g/mol. The van der Waals surface area contributed by atoms with E-state index in [1.165, 1.54) is 0 Å². The first-order chi connectivity index (χ1) is 5.38. The summed E-state index contributed by atoms with van der Waals surface area (Å²) in [7, 11) is 0. The molecule has 0 aromatic heterocycles. The SMILES string of the molecule is O=C(OCC(Br)CBr)C(Br)(Br)Br. The minimum atomic E-state index is -0.966. The molecule has 12 heavy (non-hydrogen) atoms. The number of ether oxygens (including phenoxy) is 1. The Bertz CT molecular complexity index is 154. The van der Waals surface area contributed by atoms with E-state index in [0.29, 0.717) is 6.61 Å². The van der Waals surface area contributed by atoms with Crippen molar-refractivity contribution < 1.29 is 9.53 Å². The first-order valence-corrected chi connectivity index (χ1v) is 7.23. The van der Waals surface area contributed by atoms with Crippen molar-refractivity contribution in [2.24, 2.45) is 0 Å². The van der Waals surface area contributed by atoms with E-state index in [9.17, 15) is 4.79 Å². The third kappa shape index (κ3) is 6.34. The van der Waals surface area contributed by atoms with Crippen LogP contribution in [0.4, 0.5) is 0 Å². The molecule has 0 amide bonds. The Morgan fingerprint density at radius 3 is 2.25 bits per heavy atom. The van der Waals surface area contributed by atoms with E-state index in [-0.39, 0.29) is 4.83 Å². The fourth-order valence-electron chi connectivity index (χ4n) is 0.292. The molecule has 0 aromatic rings. The molecule has 0 bridgehead atoms. The van der Waals surface area contributed by atoms with Gasteiger partial charge in [-0.25, -0.2) is 4.79 Å². The molecule has 1 atom stereocenters. The van der Waals surface area contributed by atoms with Gasteiger partial charge in [-0.15, -0.1) is 0 Å². The highest BCUT2D eigenvalue weighted by atomic mass is 80.0. The van der Waals surface area contributed by atoms with Crippen molar-refractivity contribution in [2.45, 2.75) is 6.97 Å². The van der Waals surface area contributed by atoms with Crippen LogP contribution in [0.25, 0.3) is 0 Å². The van der Waals surface area contributed by atoms with Gasteiger partial charge in [-0.2, -0.15) is 0 Å². The van der Waals surface area contributed by atoms with Gasteiger partial charge in [0.05, 0.1) is 4.83 Å². The second kappa shape index (κ2) is 6.37. The highest BCUT2D eigenvalue weighted by Crippen LogP contribution is 2.34. The van der Waals surface area contributed by atoms with Gasteiger partial charge in [0.25, 0.3) is 0 Å². The maximum absolute atomic E-state index is 11.1. The van der Waals surface area contributed by atoms with Crippen LogP contribution in [0.15, 0.2) is 0 Å². The van der Waals surface area contributed by atoms with Gasteiger partial charge in [-0.3, -0.25) is 0 Å². The van der Waals surface area contributed by atoms with Crippen molar-refractivity contribution >= 4 is 85.6 Å². The lowest BCUT2D eigenvalue weighted by molar-refractivity contribution is -0.141. The first kappa shape index (κ1) is 13.9. The predicted molar refractivity (Wildman–Crippen MR) is 67.0 cm³/mol. The first-order valence-electron chi connectivity index (χ1n) is 2.82. The fourth-order valence-corrected chi connectivity index (χ4v) is 0.955. The Hall–Kier alpha value is 1.87. The Balaban J connectivity index is 3.73. The summed E-state index contributed by atoms with van der Waals surface area (Å²) < 4.78 is 3.94. The van der Waals surface area contributed by atoms with Crippen molar-refractivity contribution in [3.8, 4) is 0 Å². The van der Waals surface area contributed by atoms with Crippen LogP contribution in [0.5, 0.6) is 0 Å². The van der Waals surface area contributed by atoms with Crippen molar-refractivity contribution in [3.05, 3.63) is 0 Å². The second-order valence-corrected chi connectivity index (χ2v) is 10.6. The minimum Gasteiger partial charge on any atom is -0.462 e. The molecule has 7 heteroatoms. The van der Waals surface area contributed by atoms with E-state index < -0.39 is 8.11 Å². The number of esters is 1. The molecule has 0 radical (unpaired) electrons. The van der Waals surface area contributed by atoms with E-state index in [4.69, 9.17) is 4.74 Å². The molecule has 0 saturated heterocycles. The molecule has 0 spiro atoms. The third-order valence-corrected chi connectivity index (χ3v) is 4.00. The lowest BCUT2D eigenvalue weighted by atomic mass is 10.5. The summed E-state index contributed by atoms with van der Waals surface area (Å²) in [5.41, 5.74) is 0. The molecule has 0 N–H and O–H groups in total. The van der Waals surface area contributed by atoms with E-state index in [1.54, 1.807) is 0 Å². The molecule has 0 aliphatic rings. The van der Waals surface area contributed by atoms with E-state index >= 15 is 0 Å². The van der Waals surface area contributed by atoms with Crippen LogP contribution in [-0.4, -0.2) is 24.9 Å². The van der Waals surface area contributed by atoms with E-state index in [2.05, 4.69) is 79.6 Å². The zero-order valence-electron chi connectivity index (χ0n) is 5.70. The lowest BCUT2D eigenvalue weighted by Gasteiger charge is -2.12. The summed E-state index contributed by atoms with van der Waals surface area (Å²) in [6.45, 7) is 0.328. The standard InChI is InChI=1S/C5H5Br5O2/c6-1-3(7)2-12-4(11)5(8,9)10/h3H,1-2H2. The number of rotatable bonds is 3. The number of halogens is 5. The summed E-state index contributed by atoms with van der Waals surface area (Å²) in [5.74, 6) is -0.409. The molecule has 1 unspecified atom stereocenters. The Labute approximate surface area is 113 Å². The molecule has 0 saturated carbocycles. The van der Waals surface area contributed by atoms with Gasteiger partial charge >= 0.3 is 5.97 Å². The van der Waals surface area contributed by atoms with Crippen LogP contribution in [0.1, 0.15) is 0 Å². The molecule has 0 heterocycles. The number of carbonyl (C=O) groups is 1. The largest absolute Gasteiger partial charge is 0.462 e. The summed E-state index contributed by atoms with van der Waals surface area (Å²) in [6.07, 6.45) is 0. The van der Waals surface area contributed by atoms with Gasteiger partial charge in [0.2, 0.25) is 2.14 Å². The minimum absolute atomic E-state index is 0.135. The van der Waals surface area contributed by atoms with Gasteiger partial charge in [-0.1, -0.05) is 31.9 Å². The average Bonchev–Trinajstić information content (AvgIpc) is 1.97. The predicted octanol–water partition coefficient (Wildman–Crippen LogP) is 3.53. The number of carbonyl (C=O) groups excluding carboxylic acids is 1. The van der Waals surface area contributed by atoms with Gasteiger partial charge in [-0.05, 0) is 47.8 Å². The third-order valence-electron chi connectivity index (χ3n) is 0.794. The van der Waals surface area contributed by atoms with Gasteiger partial charge < -0.3 is 4.74 Å². The van der Waals surface area contributed by atoms with Gasteiger partial charge in [0.1, 0.15) is 6.61 Å². The molecule has 0 aliphatic heterocycles. The summed E-state index contributed by atoms with van der Waals surface area (Å²) in [5, 5.41) is 0.736. The van der Waals surface area contributed by atoms with Crippen LogP contribution >= 0.6 is 79.6 Å². The zero-order chi connectivity index (χ0) is 9.78. The van der Waals surface area contributed by atoms with E-state index in [0.717, 1.165) is 5.33 Å². The zero-order valence-corrected chi connectivity index (χ0v) is 13.6. The summed E-state index contributed by atoms with van der Waals surface area (Å²) >= 11 is 15.7.